The topological polar surface area (TPSA) is 91.9 Å². The smallest absolute Gasteiger partial charge is 0.191 e. The predicted octanol–water partition coefficient (Wildman–Crippen LogP) is 1.57. The fourth-order valence-electron chi connectivity index (χ4n) is 3.21. The third-order valence-electron chi connectivity index (χ3n) is 4.82. The standard InChI is InChI=1S/C18H32N4O3/c1-4-19-17(21-12-18(7-10-23)8-11-24-13-18)20-9-5-6-16-14(2)22-25-15(16)3/h23H,4-13H2,1-3H3,(H2,19,20,21). The van der Waals surface area contributed by atoms with Crippen molar-refractivity contribution in [2.45, 2.75) is 46.5 Å². The molecule has 7 heteroatoms. The number of aliphatic imine (C=N–C) groups is 1. The molecule has 0 saturated carbocycles. The van der Waals surface area contributed by atoms with Gasteiger partial charge in [0.2, 0.25) is 0 Å². The molecule has 0 radical (unpaired) electrons. The normalized spacial score (nSPS) is 20.9. The molecule has 1 aliphatic rings. The van der Waals surface area contributed by atoms with Crippen LogP contribution in [0.5, 0.6) is 0 Å². The number of guanidine groups is 1. The highest BCUT2D eigenvalue weighted by atomic mass is 16.5. The summed E-state index contributed by atoms with van der Waals surface area (Å²) in [7, 11) is 0. The van der Waals surface area contributed by atoms with Crippen molar-refractivity contribution < 1.29 is 14.4 Å². The SMILES string of the molecule is CCNC(=NCC1(CCO)CCOC1)NCCCc1c(C)noc1C. The molecule has 0 spiro atoms. The molecule has 0 amide bonds. The van der Waals surface area contributed by atoms with Gasteiger partial charge in [0.1, 0.15) is 5.76 Å². The average Bonchev–Trinajstić information content (AvgIpc) is 3.18. The van der Waals surface area contributed by atoms with Gasteiger partial charge in [-0.2, -0.15) is 0 Å². The number of aliphatic hydroxyl groups excluding tert-OH is 1. The Morgan fingerprint density at radius 3 is 2.80 bits per heavy atom. The fourth-order valence-corrected chi connectivity index (χ4v) is 3.21. The lowest BCUT2D eigenvalue weighted by molar-refractivity contribution is 0.131. The summed E-state index contributed by atoms with van der Waals surface area (Å²) in [6.07, 6.45) is 3.62. The maximum absolute atomic E-state index is 9.32. The van der Waals surface area contributed by atoms with E-state index in [2.05, 4.69) is 22.7 Å². The van der Waals surface area contributed by atoms with Gasteiger partial charge in [-0.25, -0.2) is 0 Å². The summed E-state index contributed by atoms with van der Waals surface area (Å²) < 4.78 is 10.7. The molecule has 1 aliphatic heterocycles. The van der Waals surface area contributed by atoms with Crippen LogP contribution in [-0.4, -0.2) is 55.7 Å². The molecule has 25 heavy (non-hydrogen) atoms. The van der Waals surface area contributed by atoms with Crippen molar-refractivity contribution in [3.63, 3.8) is 0 Å². The molecule has 1 unspecified atom stereocenters. The second-order valence-corrected chi connectivity index (χ2v) is 6.80. The van der Waals surface area contributed by atoms with Gasteiger partial charge in [-0.3, -0.25) is 4.99 Å². The lowest BCUT2D eigenvalue weighted by Crippen LogP contribution is -2.39. The lowest BCUT2D eigenvalue weighted by Gasteiger charge is -2.24. The molecule has 2 heterocycles. The number of nitrogens with one attached hydrogen (secondary N) is 2. The van der Waals surface area contributed by atoms with Gasteiger partial charge in [-0.1, -0.05) is 5.16 Å². The van der Waals surface area contributed by atoms with E-state index in [-0.39, 0.29) is 12.0 Å². The largest absolute Gasteiger partial charge is 0.396 e. The summed E-state index contributed by atoms with van der Waals surface area (Å²) in [4.78, 5) is 4.73. The van der Waals surface area contributed by atoms with Gasteiger partial charge in [0, 0.05) is 37.3 Å². The Morgan fingerprint density at radius 2 is 2.20 bits per heavy atom. The second-order valence-electron chi connectivity index (χ2n) is 6.80. The number of aliphatic hydroxyl groups is 1. The summed E-state index contributed by atoms with van der Waals surface area (Å²) in [6.45, 7) is 9.95. The number of hydrogen-bond donors (Lipinski definition) is 3. The first kappa shape index (κ1) is 19.7. The Bertz CT molecular complexity index is 531. The Hall–Kier alpha value is -1.60. The van der Waals surface area contributed by atoms with Crippen molar-refractivity contribution in [3.8, 4) is 0 Å². The van der Waals surface area contributed by atoms with Gasteiger partial charge in [-0.05, 0) is 46.5 Å². The van der Waals surface area contributed by atoms with Crippen LogP contribution in [0.25, 0.3) is 0 Å². The van der Waals surface area contributed by atoms with E-state index < -0.39 is 0 Å². The molecule has 0 aliphatic carbocycles. The molecule has 0 aromatic carbocycles. The van der Waals surface area contributed by atoms with Gasteiger partial charge in [0.25, 0.3) is 0 Å². The zero-order valence-corrected chi connectivity index (χ0v) is 15.7. The fraction of sp³-hybridized carbons (Fsp3) is 0.778. The maximum Gasteiger partial charge on any atom is 0.191 e. The first-order chi connectivity index (χ1) is 12.1. The number of ether oxygens (including phenoxy) is 1. The highest BCUT2D eigenvalue weighted by Crippen LogP contribution is 2.32. The molecule has 1 saturated heterocycles. The number of aryl methyl sites for hydroxylation is 2. The molecule has 0 bridgehead atoms. The number of rotatable bonds is 9. The Labute approximate surface area is 150 Å². The Balaban J connectivity index is 1.83. The minimum absolute atomic E-state index is 0.0201. The number of hydrogen-bond acceptors (Lipinski definition) is 5. The monoisotopic (exact) mass is 352 g/mol. The van der Waals surface area contributed by atoms with Crippen LogP contribution in [0.4, 0.5) is 0 Å². The third kappa shape index (κ3) is 5.71. The van der Waals surface area contributed by atoms with E-state index in [1.54, 1.807) is 0 Å². The van der Waals surface area contributed by atoms with Crippen LogP contribution in [0.1, 0.15) is 43.2 Å². The van der Waals surface area contributed by atoms with Crippen LogP contribution in [0.3, 0.4) is 0 Å². The van der Waals surface area contributed by atoms with E-state index in [1.807, 2.05) is 13.8 Å². The van der Waals surface area contributed by atoms with Crippen LogP contribution in [-0.2, 0) is 11.2 Å². The zero-order valence-electron chi connectivity index (χ0n) is 15.7. The van der Waals surface area contributed by atoms with Crippen LogP contribution in [0.2, 0.25) is 0 Å². The summed E-state index contributed by atoms with van der Waals surface area (Å²) in [5.41, 5.74) is 2.16. The molecule has 3 N–H and O–H groups in total. The van der Waals surface area contributed by atoms with Crippen LogP contribution < -0.4 is 10.6 Å². The molecule has 1 aromatic heterocycles. The highest BCUT2D eigenvalue weighted by Gasteiger charge is 2.34. The van der Waals surface area contributed by atoms with Gasteiger partial charge in [0.15, 0.2) is 5.96 Å². The molecule has 1 aromatic rings. The van der Waals surface area contributed by atoms with E-state index in [0.29, 0.717) is 13.2 Å². The van der Waals surface area contributed by atoms with Crippen LogP contribution >= 0.6 is 0 Å². The lowest BCUT2D eigenvalue weighted by atomic mass is 9.84. The van der Waals surface area contributed by atoms with E-state index in [9.17, 15) is 5.11 Å². The van der Waals surface area contributed by atoms with Gasteiger partial charge < -0.3 is 25.0 Å². The third-order valence-corrected chi connectivity index (χ3v) is 4.82. The minimum atomic E-state index is -0.0201. The van der Waals surface area contributed by atoms with Crippen molar-refractivity contribution in [3.05, 3.63) is 17.0 Å². The summed E-state index contributed by atoms with van der Waals surface area (Å²) in [6, 6.07) is 0. The van der Waals surface area contributed by atoms with Crippen LogP contribution in [0.15, 0.2) is 9.52 Å². The van der Waals surface area contributed by atoms with E-state index in [1.165, 1.54) is 5.56 Å². The molecule has 1 atom stereocenters. The predicted molar refractivity (Wildman–Crippen MR) is 97.9 cm³/mol. The van der Waals surface area contributed by atoms with Crippen molar-refractivity contribution in [1.29, 1.82) is 0 Å². The van der Waals surface area contributed by atoms with Crippen molar-refractivity contribution in [2.75, 3.05) is 39.5 Å². The van der Waals surface area contributed by atoms with Gasteiger partial charge >= 0.3 is 0 Å². The zero-order chi connectivity index (χ0) is 18.1. The first-order valence-electron chi connectivity index (χ1n) is 9.23. The van der Waals surface area contributed by atoms with Gasteiger partial charge in [0.05, 0.1) is 18.8 Å². The molecule has 1 fully saturated rings. The molecule has 142 valence electrons. The number of aromatic nitrogens is 1. The summed E-state index contributed by atoms with van der Waals surface area (Å²) in [5.74, 6) is 1.73. The average molecular weight is 352 g/mol. The van der Waals surface area contributed by atoms with E-state index in [0.717, 1.165) is 62.8 Å². The molecular formula is C18H32N4O3. The van der Waals surface area contributed by atoms with E-state index >= 15 is 0 Å². The Morgan fingerprint density at radius 1 is 1.36 bits per heavy atom. The van der Waals surface area contributed by atoms with Gasteiger partial charge in [-0.15, -0.1) is 0 Å². The molecule has 7 nitrogen and oxygen atoms in total. The van der Waals surface area contributed by atoms with Crippen molar-refractivity contribution >= 4 is 5.96 Å². The molecule has 2 rings (SSSR count). The summed E-state index contributed by atoms with van der Waals surface area (Å²) >= 11 is 0. The number of nitrogens with zero attached hydrogens (tertiary/aromatic N) is 2. The Kier molecular flexibility index (Phi) is 7.71. The molecular weight excluding hydrogens is 320 g/mol. The van der Waals surface area contributed by atoms with E-state index in [4.69, 9.17) is 14.3 Å². The highest BCUT2D eigenvalue weighted by molar-refractivity contribution is 5.79. The maximum atomic E-state index is 9.32. The van der Waals surface area contributed by atoms with Crippen LogP contribution in [0, 0.1) is 19.3 Å². The first-order valence-corrected chi connectivity index (χ1v) is 9.23. The second kappa shape index (κ2) is 9.77. The minimum Gasteiger partial charge on any atom is -0.396 e. The quantitative estimate of drug-likeness (QED) is 0.355. The van der Waals surface area contributed by atoms with Crippen molar-refractivity contribution in [1.82, 2.24) is 15.8 Å². The summed E-state index contributed by atoms with van der Waals surface area (Å²) in [5, 5.41) is 20.0. The van der Waals surface area contributed by atoms with Crippen molar-refractivity contribution in [2.24, 2.45) is 10.4 Å².